The molecule has 12 heteroatoms. The van der Waals surface area contributed by atoms with Crippen molar-refractivity contribution < 1.29 is 29.1 Å². The lowest BCUT2D eigenvalue weighted by molar-refractivity contribution is -0.132. The Morgan fingerprint density at radius 1 is 0.946 bits per heavy atom. The maximum atomic E-state index is 13.1. The Labute approximate surface area is 217 Å². The zero-order valence-electron chi connectivity index (χ0n) is 22.0. The highest BCUT2D eigenvalue weighted by atomic mass is 16.3. The fraction of sp³-hybridized carbons (Fsp3) is 0.560. The van der Waals surface area contributed by atoms with Crippen molar-refractivity contribution in [3.63, 3.8) is 0 Å². The number of aliphatic hydroxyl groups excluding tert-OH is 1. The summed E-state index contributed by atoms with van der Waals surface area (Å²) in [6, 6.07) is 4.07. The van der Waals surface area contributed by atoms with Gasteiger partial charge in [-0.15, -0.1) is 0 Å². The standard InChI is InChI=1S/C25H40N6O6/c1-16(2)22(30-20(33)8-5-9-21(34)31(3)4)24(36)29-19(7-6-14-27-25(26)37)23(35)28-18-12-10-17(15-32)11-13-18/h10-13,16,19,22,32H,5-9,14-15H2,1-4H3,(H,28,35)(H,29,36)(H,30,33)(H3,26,27,37)/t19-,22-/m0/s1. The molecule has 0 aliphatic rings. The molecule has 0 aromatic heterocycles. The summed E-state index contributed by atoms with van der Waals surface area (Å²) in [7, 11) is 3.28. The zero-order valence-corrected chi connectivity index (χ0v) is 22.0. The first-order valence-corrected chi connectivity index (χ1v) is 12.3. The zero-order chi connectivity index (χ0) is 28.0. The van der Waals surface area contributed by atoms with Crippen molar-refractivity contribution in [2.75, 3.05) is 26.0 Å². The van der Waals surface area contributed by atoms with Crippen LogP contribution in [0, 0.1) is 5.92 Å². The lowest BCUT2D eigenvalue weighted by Gasteiger charge is -2.25. The SMILES string of the molecule is CC(C)[C@H](NC(=O)CCCC(=O)N(C)C)C(=O)N[C@@H](CCCNC(N)=O)C(=O)Nc1ccc(CO)cc1. The molecule has 37 heavy (non-hydrogen) atoms. The van der Waals surface area contributed by atoms with Gasteiger partial charge in [-0.25, -0.2) is 4.79 Å². The normalized spacial score (nSPS) is 12.3. The third kappa shape index (κ3) is 12.2. The van der Waals surface area contributed by atoms with Crippen molar-refractivity contribution in [2.45, 2.75) is 64.6 Å². The second kappa shape index (κ2) is 16.1. The Morgan fingerprint density at radius 3 is 2.14 bits per heavy atom. The number of carbonyl (C=O) groups is 5. The molecule has 0 aliphatic heterocycles. The van der Waals surface area contributed by atoms with E-state index in [1.807, 2.05) is 0 Å². The smallest absolute Gasteiger partial charge is 0.312 e. The Hall–Kier alpha value is -3.67. The van der Waals surface area contributed by atoms with E-state index in [2.05, 4.69) is 21.3 Å². The van der Waals surface area contributed by atoms with Crippen molar-refractivity contribution in [1.82, 2.24) is 20.9 Å². The molecule has 1 aromatic rings. The van der Waals surface area contributed by atoms with E-state index in [-0.39, 0.29) is 50.1 Å². The Kier molecular flexibility index (Phi) is 13.7. The topological polar surface area (TPSA) is 183 Å². The molecule has 1 aromatic carbocycles. The van der Waals surface area contributed by atoms with Crippen molar-refractivity contribution in [3.05, 3.63) is 29.8 Å². The number of primary amides is 1. The molecule has 0 spiro atoms. The van der Waals surface area contributed by atoms with Crippen LogP contribution in [0.5, 0.6) is 0 Å². The predicted molar refractivity (Wildman–Crippen MR) is 139 cm³/mol. The van der Waals surface area contributed by atoms with Crippen LogP contribution < -0.4 is 27.0 Å². The van der Waals surface area contributed by atoms with Gasteiger partial charge in [0.2, 0.25) is 23.6 Å². The van der Waals surface area contributed by atoms with Gasteiger partial charge >= 0.3 is 6.03 Å². The van der Waals surface area contributed by atoms with Gasteiger partial charge in [0, 0.05) is 39.2 Å². The summed E-state index contributed by atoms with van der Waals surface area (Å²) in [6.45, 7) is 3.63. The van der Waals surface area contributed by atoms with Crippen molar-refractivity contribution in [1.29, 1.82) is 0 Å². The van der Waals surface area contributed by atoms with Gasteiger partial charge in [-0.05, 0) is 42.9 Å². The molecule has 12 nitrogen and oxygen atoms in total. The van der Waals surface area contributed by atoms with Crippen LogP contribution in [0.1, 0.15) is 51.5 Å². The van der Waals surface area contributed by atoms with Gasteiger partial charge in [-0.1, -0.05) is 26.0 Å². The number of hydrogen-bond acceptors (Lipinski definition) is 6. The molecule has 0 fully saturated rings. The molecule has 6 amide bonds. The number of amides is 6. The minimum Gasteiger partial charge on any atom is -0.392 e. The molecule has 0 radical (unpaired) electrons. The van der Waals surface area contributed by atoms with Crippen LogP contribution in [0.3, 0.4) is 0 Å². The van der Waals surface area contributed by atoms with E-state index in [1.165, 1.54) is 4.90 Å². The number of nitrogens with zero attached hydrogens (tertiary/aromatic N) is 1. The quantitative estimate of drug-likeness (QED) is 0.182. The lowest BCUT2D eigenvalue weighted by Crippen LogP contribution is -2.54. The van der Waals surface area contributed by atoms with E-state index in [4.69, 9.17) is 5.73 Å². The molecular weight excluding hydrogens is 480 g/mol. The molecular formula is C25H40N6O6. The monoisotopic (exact) mass is 520 g/mol. The fourth-order valence-corrected chi connectivity index (χ4v) is 3.38. The van der Waals surface area contributed by atoms with Crippen LogP contribution in [0.25, 0.3) is 0 Å². The number of hydrogen-bond donors (Lipinski definition) is 6. The van der Waals surface area contributed by atoms with Crippen LogP contribution in [-0.2, 0) is 25.8 Å². The van der Waals surface area contributed by atoms with E-state index in [0.29, 0.717) is 24.1 Å². The van der Waals surface area contributed by atoms with Crippen LogP contribution in [0.4, 0.5) is 10.5 Å². The fourth-order valence-electron chi connectivity index (χ4n) is 3.38. The van der Waals surface area contributed by atoms with Crippen molar-refractivity contribution >= 4 is 35.3 Å². The first-order chi connectivity index (χ1) is 17.4. The number of nitrogens with one attached hydrogen (secondary N) is 4. The maximum absolute atomic E-state index is 13.1. The summed E-state index contributed by atoms with van der Waals surface area (Å²) < 4.78 is 0. The van der Waals surface area contributed by atoms with Crippen LogP contribution >= 0.6 is 0 Å². The summed E-state index contributed by atoms with van der Waals surface area (Å²) in [5.74, 6) is -1.71. The Morgan fingerprint density at radius 2 is 1.59 bits per heavy atom. The molecule has 0 bridgehead atoms. The number of carbonyl (C=O) groups excluding carboxylic acids is 5. The molecule has 7 N–H and O–H groups in total. The largest absolute Gasteiger partial charge is 0.392 e. The molecule has 0 unspecified atom stereocenters. The van der Waals surface area contributed by atoms with Crippen LogP contribution in [-0.4, -0.2) is 72.4 Å². The number of nitrogens with two attached hydrogens (primary N) is 1. The number of benzene rings is 1. The molecule has 0 heterocycles. The number of urea groups is 1. The van der Waals surface area contributed by atoms with Crippen LogP contribution in [0.2, 0.25) is 0 Å². The van der Waals surface area contributed by atoms with Gasteiger partial charge in [-0.2, -0.15) is 0 Å². The lowest BCUT2D eigenvalue weighted by atomic mass is 10.0. The van der Waals surface area contributed by atoms with Gasteiger partial charge < -0.3 is 37.0 Å². The summed E-state index contributed by atoms with van der Waals surface area (Å²) in [5, 5.41) is 19.8. The highest BCUT2D eigenvalue weighted by Gasteiger charge is 2.28. The maximum Gasteiger partial charge on any atom is 0.312 e. The second-order valence-electron chi connectivity index (χ2n) is 9.27. The van der Waals surface area contributed by atoms with Crippen LogP contribution in [0.15, 0.2) is 24.3 Å². The Balaban J connectivity index is 2.84. The van der Waals surface area contributed by atoms with Crippen molar-refractivity contribution in [3.8, 4) is 0 Å². The van der Waals surface area contributed by atoms with E-state index in [9.17, 15) is 29.1 Å². The molecule has 1 rings (SSSR count). The molecule has 206 valence electrons. The third-order valence-corrected chi connectivity index (χ3v) is 5.56. The molecule has 0 saturated carbocycles. The summed E-state index contributed by atoms with van der Waals surface area (Å²) in [4.78, 5) is 62.6. The Bertz CT molecular complexity index is 919. The highest BCUT2D eigenvalue weighted by Crippen LogP contribution is 2.12. The van der Waals surface area contributed by atoms with E-state index >= 15 is 0 Å². The minimum atomic E-state index is -0.949. The first-order valence-electron chi connectivity index (χ1n) is 12.3. The summed E-state index contributed by atoms with van der Waals surface area (Å²) >= 11 is 0. The average molecular weight is 521 g/mol. The highest BCUT2D eigenvalue weighted by molar-refractivity contribution is 5.98. The van der Waals surface area contributed by atoms with E-state index in [1.54, 1.807) is 52.2 Å². The van der Waals surface area contributed by atoms with Gasteiger partial charge in [0.15, 0.2) is 0 Å². The predicted octanol–water partition coefficient (Wildman–Crippen LogP) is 0.450. The van der Waals surface area contributed by atoms with Gasteiger partial charge in [0.25, 0.3) is 0 Å². The minimum absolute atomic E-state index is 0.0859. The number of anilines is 1. The number of rotatable bonds is 15. The van der Waals surface area contributed by atoms with Gasteiger partial charge in [0.05, 0.1) is 6.61 Å². The average Bonchev–Trinajstić information content (AvgIpc) is 2.84. The molecule has 0 saturated heterocycles. The number of aliphatic hydroxyl groups is 1. The first kappa shape index (κ1) is 31.4. The van der Waals surface area contributed by atoms with E-state index in [0.717, 1.165) is 0 Å². The molecule has 2 atom stereocenters. The van der Waals surface area contributed by atoms with Gasteiger partial charge in [-0.3, -0.25) is 19.2 Å². The summed E-state index contributed by atoms with van der Waals surface area (Å²) in [5.41, 5.74) is 6.25. The molecule has 0 aliphatic carbocycles. The summed E-state index contributed by atoms with van der Waals surface area (Å²) in [6.07, 6.45) is 1.23. The van der Waals surface area contributed by atoms with Crippen molar-refractivity contribution in [2.24, 2.45) is 11.7 Å². The van der Waals surface area contributed by atoms with E-state index < -0.39 is 29.9 Å². The second-order valence-corrected chi connectivity index (χ2v) is 9.27. The van der Waals surface area contributed by atoms with Gasteiger partial charge in [0.1, 0.15) is 12.1 Å². The third-order valence-electron chi connectivity index (χ3n) is 5.56.